The Balaban J connectivity index is 1.51. The van der Waals surface area contributed by atoms with Crippen LogP contribution in [0.15, 0.2) is 5.16 Å². The number of hydrogen-bond acceptors (Lipinski definition) is 7. The quantitative estimate of drug-likeness (QED) is 0.374. The molecule has 2 aliphatic rings. The number of ketones is 1. The van der Waals surface area contributed by atoms with Crippen molar-refractivity contribution in [2.75, 3.05) is 30.3 Å². The van der Waals surface area contributed by atoms with Gasteiger partial charge in [-0.1, -0.05) is 18.7 Å². The molecule has 1 aliphatic heterocycles. The molecule has 1 saturated heterocycles. The van der Waals surface area contributed by atoms with Crippen molar-refractivity contribution in [2.45, 2.75) is 64.6 Å². The van der Waals surface area contributed by atoms with Crippen LogP contribution < -0.4 is 4.90 Å². The number of nitrogens with one attached hydrogen (secondary N) is 1. The van der Waals surface area contributed by atoms with E-state index < -0.39 is 5.97 Å². The van der Waals surface area contributed by atoms with Gasteiger partial charge in [0, 0.05) is 30.5 Å². The van der Waals surface area contributed by atoms with Crippen LogP contribution in [0.1, 0.15) is 77.7 Å². The van der Waals surface area contributed by atoms with Crippen LogP contribution in [0.4, 0.5) is 5.95 Å². The fraction of sp³-hybridized carbons (Fsp3) is 0.636. The monoisotopic (exact) mass is 445 g/mol. The molecule has 9 heteroatoms. The molecule has 0 spiro atoms. The average Bonchev–Trinajstić information content (AvgIpc) is 3.41. The lowest BCUT2D eigenvalue weighted by atomic mass is 10.00. The normalized spacial score (nSPS) is 17.2. The predicted octanol–water partition coefficient (Wildman–Crippen LogP) is 3.95. The maximum Gasteiger partial charge on any atom is 0.340 e. The largest absolute Gasteiger partial charge is 0.462 e. The summed E-state index contributed by atoms with van der Waals surface area (Å²) in [4.78, 5) is 30.9. The van der Waals surface area contributed by atoms with Gasteiger partial charge in [-0.3, -0.25) is 9.36 Å². The highest BCUT2D eigenvalue weighted by Crippen LogP contribution is 2.41. The highest BCUT2D eigenvalue weighted by Gasteiger charge is 2.33. The van der Waals surface area contributed by atoms with Crippen molar-refractivity contribution in [1.29, 1.82) is 0 Å². The number of H-pyrrole nitrogens is 1. The molecule has 4 rings (SSSR count). The van der Waals surface area contributed by atoms with E-state index in [9.17, 15) is 9.59 Å². The second-order valence-corrected chi connectivity index (χ2v) is 9.55. The molecule has 1 N–H and O–H groups in total. The highest BCUT2D eigenvalue weighted by molar-refractivity contribution is 7.99. The topological polar surface area (TPSA) is 93.1 Å². The summed E-state index contributed by atoms with van der Waals surface area (Å²) < 4.78 is 7.38. The molecule has 0 amide bonds. The predicted molar refractivity (Wildman–Crippen MR) is 120 cm³/mol. The van der Waals surface area contributed by atoms with E-state index in [1.165, 1.54) is 24.6 Å². The molecule has 0 radical (unpaired) electrons. The Morgan fingerprint density at radius 1 is 1.10 bits per heavy atom. The third kappa shape index (κ3) is 4.51. The number of hydrogen-bond donors (Lipinski definition) is 1. The zero-order valence-electron chi connectivity index (χ0n) is 18.7. The van der Waals surface area contributed by atoms with Crippen molar-refractivity contribution in [3.63, 3.8) is 0 Å². The van der Waals surface area contributed by atoms with Crippen LogP contribution in [0.5, 0.6) is 0 Å². The number of esters is 1. The Bertz CT molecular complexity index is 970. The minimum absolute atomic E-state index is 0.103. The fourth-order valence-electron chi connectivity index (χ4n) is 4.23. The van der Waals surface area contributed by atoms with E-state index in [1.807, 2.05) is 6.92 Å². The smallest absolute Gasteiger partial charge is 0.340 e. The Morgan fingerprint density at radius 2 is 1.77 bits per heavy atom. The van der Waals surface area contributed by atoms with Crippen LogP contribution >= 0.6 is 11.8 Å². The Labute approximate surface area is 187 Å². The van der Waals surface area contributed by atoms with Gasteiger partial charge < -0.3 is 14.6 Å². The van der Waals surface area contributed by atoms with Gasteiger partial charge in [-0.05, 0) is 52.4 Å². The van der Waals surface area contributed by atoms with E-state index >= 15 is 0 Å². The Kier molecular flexibility index (Phi) is 6.41. The molecule has 2 aromatic heterocycles. The second-order valence-electron chi connectivity index (χ2n) is 8.61. The van der Waals surface area contributed by atoms with E-state index in [0.29, 0.717) is 28.6 Å². The maximum atomic E-state index is 13.1. The first kappa shape index (κ1) is 21.9. The number of aromatic amines is 1. The van der Waals surface area contributed by atoms with Gasteiger partial charge in [0.15, 0.2) is 10.9 Å². The summed E-state index contributed by atoms with van der Waals surface area (Å²) in [6, 6.07) is 0.424. The molecule has 0 aromatic carbocycles. The minimum Gasteiger partial charge on any atom is -0.462 e. The van der Waals surface area contributed by atoms with Crippen molar-refractivity contribution >= 4 is 29.5 Å². The van der Waals surface area contributed by atoms with Gasteiger partial charge in [0.1, 0.15) is 0 Å². The molecular formula is C22H31N5O3S. The maximum absolute atomic E-state index is 13.1. The van der Waals surface area contributed by atoms with Crippen LogP contribution in [0.25, 0.3) is 0 Å². The van der Waals surface area contributed by atoms with Gasteiger partial charge >= 0.3 is 5.97 Å². The first-order valence-corrected chi connectivity index (χ1v) is 12.1. The number of aryl methyl sites for hydroxylation is 2. The van der Waals surface area contributed by atoms with Crippen molar-refractivity contribution in [3.8, 4) is 0 Å². The van der Waals surface area contributed by atoms with E-state index in [-0.39, 0.29) is 18.1 Å². The van der Waals surface area contributed by atoms with E-state index in [2.05, 4.69) is 31.6 Å². The average molecular weight is 446 g/mol. The molecular weight excluding hydrogens is 414 g/mol. The number of nitrogens with zero attached hydrogens (tertiary/aromatic N) is 4. The van der Waals surface area contributed by atoms with Crippen molar-refractivity contribution in [2.24, 2.45) is 5.92 Å². The molecule has 0 bridgehead atoms. The third-order valence-corrected chi connectivity index (χ3v) is 7.03. The van der Waals surface area contributed by atoms with Gasteiger partial charge in [0.05, 0.1) is 23.5 Å². The first-order chi connectivity index (χ1) is 14.9. The summed E-state index contributed by atoms with van der Waals surface area (Å²) in [5.41, 5.74) is 2.12. The van der Waals surface area contributed by atoms with Gasteiger partial charge in [0.25, 0.3) is 0 Å². The summed E-state index contributed by atoms with van der Waals surface area (Å²) in [7, 11) is 0. The molecule has 0 atom stereocenters. The molecule has 3 heterocycles. The molecule has 168 valence electrons. The lowest BCUT2D eigenvalue weighted by Crippen LogP contribution is -2.34. The van der Waals surface area contributed by atoms with Crippen LogP contribution in [-0.4, -0.2) is 57.0 Å². The summed E-state index contributed by atoms with van der Waals surface area (Å²) in [5.74, 6) is 1.33. The zero-order chi connectivity index (χ0) is 22.1. The van der Waals surface area contributed by atoms with E-state index in [0.717, 1.165) is 43.0 Å². The molecule has 0 unspecified atom stereocenters. The molecule has 8 nitrogen and oxygen atoms in total. The number of anilines is 1. The first-order valence-electron chi connectivity index (χ1n) is 11.1. The van der Waals surface area contributed by atoms with Crippen molar-refractivity contribution in [3.05, 3.63) is 22.5 Å². The van der Waals surface area contributed by atoms with Gasteiger partial charge in [0.2, 0.25) is 5.95 Å². The highest BCUT2D eigenvalue weighted by atomic mass is 32.2. The summed E-state index contributed by atoms with van der Waals surface area (Å²) in [6.45, 7) is 9.93. The van der Waals surface area contributed by atoms with Gasteiger partial charge in [-0.2, -0.15) is 0 Å². The fourth-order valence-corrected chi connectivity index (χ4v) is 5.11. The van der Waals surface area contributed by atoms with E-state index in [1.54, 1.807) is 13.8 Å². The third-order valence-electron chi connectivity index (χ3n) is 6.09. The standard InChI is InChI=1S/C22H31N5O3S/c1-5-30-20(29)19-15(4)23-14(3)18(19)17(28)12-31-22-25-24-21(27(22)16-6-7-16)26-10-8-13(2)9-11-26/h13,16,23H,5-12H2,1-4H3. The Morgan fingerprint density at radius 3 is 2.42 bits per heavy atom. The summed E-state index contributed by atoms with van der Waals surface area (Å²) in [5, 5.41) is 9.71. The zero-order valence-corrected chi connectivity index (χ0v) is 19.5. The van der Waals surface area contributed by atoms with Crippen molar-refractivity contribution in [1.82, 2.24) is 19.7 Å². The van der Waals surface area contributed by atoms with Gasteiger partial charge in [-0.15, -0.1) is 10.2 Å². The number of rotatable bonds is 8. The second kappa shape index (κ2) is 9.06. The number of carbonyl (C=O) groups is 2. The van der Waals surface area contributed by atoms with Crippen LogP contribution in [0, 0.1) is 19.8 Å². The Hall–Kier alpha value is -2.29. The van der Waals surface area contributed by atoms with Crippen LogP contribution in [0.2, 0.25) is 0 Å². The number of thioether (sulfide) groups is 1. The lowest BCUT2D eigenvalue weighted by Gasteiger charge is -2.31. The number of carbonyl (C=O) groups excluding carboxylic acids is 2. The van der Waals surface area contributed by atoms with Crippen molar-refractivity contribution < 1.29 is 14.3 Å². The van der Waals surface area contributed by atoms with E-state index in [4.69, 9.17) is 4.74 Å². The molecule has 2 aromatic rings. The molecule has 31 heavy (non-hydrogen) atoms. The number of Topliss-reactive ketones (excluding diaryl/α,β-unsaturated/α-hetero) is 1. The SMILES string of the molecule is CCOC(=O)c1c(C)[nH]c(C)c1C(=O)CSc1nnc(N2CCC(C)CC2)n1C1CC1. The van der Waals surface area contributed by atoms with Crippen LogP contribution in [0.3, 0.4) is 0 Å². The minimum atomic E-state index is -0.458. The number of aromatic nitrogens is 4. The number of piperidine rings is 1. The summed E-state index contributed by atoms with van der Waals surface area (Å²) >= 11 is 1.40. The lowest BCUT2D eigenvalue weighted by molar-refractivity contribution is 0.0522. The molecule has 2 fully saturated rings. The summed E-state index contributed by atoms with van der Waals surface area (Å²) in [6.07, 6.45) is 4.59. The number of ether oxygens (including phenoxy) is 1. The molecule has 1 saturated carbocycles. The van der Waals surface area contributed by atoms with Gasteiger partial charge in [-0.25, -0.2) is 4.79 Å². The van der Waals surface area contributed by atoms with Crippen LogP contribution in [-0.2, 0) is 4.74 Å². The molecule has 1 aliphatic carbocycles.